The van der Waals surface area contributed by atoms with Crippen LogP contribution in [0.1, 0.15) is 22.3 Å². The summed E-state index contributed by atoms with van der Waals surface area (Å²) in [5, 5.41) is -0.371. The molecule has 4 rings (SSSR count). The minimum atomic E-state index is -4.56. The largest absolute Gasteiger partial charge is 0.467 e. The maximum Gasteiger partial charge on any atom is 0.417 e. The summed E-state index contributed by atoms with van der Waals surface area (Å²) in [5.74, 6) is -1.19. The smallest absolute Gasteiger partial charge is 0.417 e. The van der Waals surface area contributed by atoms with Crippen LogP contribution in [0.3, 0.4) is 0 Å². The fraction of sp³-hybridized carbons (Fsp3) is 0.167. The quantitative estimate of drug-likeness (QED) is 0.308. The zero-order chi connectivity index (χ0) is 25.9. The second kappa shape index (κ2) is 10.3. The number of alkyl halides is 3. The lowest BCUT2D eigenvalue weighted by Gasteiger charge is -2.11. The van der Waals surface area contributed by atoms with E-state index in [1.54, 1.807) is 12.1 Å². The first kappa shape index (κ1) is 25.1. The molecule has 0 atom stereocenters. The highest BCUT2D eigenvalue weighted by Crippen LogP contribution is 2.35. The van der Waals surface area contributed by atoms with E-state index in [4.69, 9.17) is 21.1 Å². The van der Waals surface area contributed by atoms with Gasteiger partial charge in [-0.1, -0.05) is 29.8 Å². The molecule has 0 aliphatic heterocycles. The molecular weight excluding hydrogens is 504 g/mol. The summed E-state index contributed by atoms with van der Waals surface area (Å²) in [7, 11) is 1.41. The summed E-state index contributed by atoms with van der Waals surface area (Å²) in [6, 6.07) is 10.1. The van der Waals surface area contributed by atoms with Crippen LogP contribution in [0.15, 0.2) is 65.8 Å². The standard InChI is InChI=1S/C24H17ClF4N4O3/c1-35-22-30-10-16(11-31-22)12-33-13-20(26)21(32-23(33)34)36-17-5-2-14(3-6-17)8-15-4-7-19(25)18(9-15)24(27,28)29/h2-7,9-11,13H,8,12H2,1H3. The second-order valence-corrected chi connectivity index (χ2v) is 8.02. The van der Waals surface area contributed by atoms with Gasteiger partial charge in [0.05, 0.1) is 30.4 Å². The third-order valence-electron chi connectivity index (χ3n) is 5.02. The molecule has 0 radical (unpaired) electrons. The van der Waals surface area contributed by atoms with Gasteiger partial charge in [-0.05, 0) is 41.8 Å². The average molecular weight is 521 g/mol. The van der Waals surface area contributed by atoms with Crippen molar-refractivity contribution in [1.82, 2.24) is 19.5 Å². The van der Waals surface area contributed by atoms with Gasteiger partial charge in [-0.25, -0.2) is 14.8 Å². The summed E-state index contributed by atoms with van der Waals surface area (Å²) in [5.41, 5.74) is -0.0202. The minimum Gasteiger partial charge on any atom is -0.467 e. The summed E-state index contributed by atoms with van der Waals surface area (Å²) < 4.78 is 65.1. The van der Waals surface area contributed by atoms with Crippen molar-refractivity contribution >= 4 is 11.6 Å². The Morgan fingerprint density at radius 3 is 2.31 bits per heavy atom. The van der Waals surface area contributed by atoms with Crippen molar-refractivity contribution in [3.8, 4) is 17.6 Å². The predicted octanol–water partition coefficient (Wildman–Crippen LogP) is 5.28. The van der Waals surface area contributed by atoms with E-state index in [1.165, 1.54) is 43.8 Å². The summed E-state index contributed by atoms with van der Waals surface area (Å²) in [6.45, 7) is -0.0114. The Bertz CT molecular complexity index is 1430. The molecule has 0 spiro atoms. The number of rotatable bonds is 7. The van der Waals surface area contributed by atoms with Crippen molar-refractivity contribution in [3.05, 3.63) is 105 Å². The van der Waals surface area contributed by atoms with Crippen LogP contribution in [0.25, 0.3) is 0 Å². The van der Waals surface area contributed by atoms with Crippen LogP contribution in [0, 0.1) is 5.82 Å². The van der Waals surface area contributed by atoms with Gasteiger partial charge in [0.1, 0.15) is 5.75 Å². The van der Waals surface area contributed by atoms with E-state index in [0.717, 1.165) is 16.8 Å². The van der Waals surface area contributed by atoms with Crippen LogP contribution in [0.4, 0.5) is 17.6 Å². The SMILES string of the molecule is COc1ncc(Cn2cc(F)c(Oc3ccc(Cc4ccc(Cl)c(C(F)(F)F)c4)cc3)nc2=O)cn1. The Labute approximate surface area is 207 Å². The van der Waals surface area contributed by atoms with Gasteiger partial charge in [0.2, 0.25) is 5.82 Å². The average Bonchev–Trinajstić information content (AvgIpc) is 2.84. The lowest BCUT2D eigenvalue weighted by atomic mass is 10.0. The molecule has 0 unspecified atom stereocenters. The van der Waals surface area contributed by atoms with Crippen LogP contribution in [0.2, 0.25) is 5.02 Å². The molecule has 186 valence electrons. The summed E-state index contributed by atoms with van der Waals surface area (Å²) >= 11 is 5.66. The Morgan fingerprint density at radius 2 is 1.67 bits per heavy atom. The lowest BCUT2D eigenvalue weighted by molar-refractivity contribution is -0.137. The van der Waals surface area contributed by atoms with Crippen molar-refractivity contribution < 1.29 is 27.0 Å². The van der Waals surface area contributed by atoms with E-state index in [2.05, 4.69) is 15.0 Å². The summed E-state index contributed by atoms with van der Waals surface area (Å²) in [4.78, 5) is 23.8. The predicted molar refractivity (Wildman–Crippen MR) is 122 cm³/mol. The van der Waals surface area contributed by atoms with E-state index in [9.17, 15) is 22.4 Å². The van der Waals surface area contributed by atoms with Gasteiger partial charge in [0.25, 0.3) is 5.88 Å². The number of halogens is 5. The van der Waals surface area contributed by atoms with Gasteiger partial charge in [-0.3, -0.25) is 4.57 Å². The fourth-order valence-corrected chi connectivity index (χ4v) is 3.51. The third kappa shape index (κ3) is 5.98. The highest BCUT2D eigenvalue weighted by molar-refractivity contribution is 6.31. The van der Waals surface area contributed by atoms with E-state index < -0.39 is 29.1 Å². The maximum absolute atomic E-state index is 14.6. The van der Waals surface area contributed by atoms with E-state index in [0.29, 0.717) is 16.7 Å². The first-order valence-corrected chi connectivity index (χ1v) is 10.7. The molecule has 36 heavy (non-hydrogen) atoms. The Kier molecular flexibility index (Phi) is 7.20. The number of nitrogens with zero attached hydrogens (tertiary/aromatic N) is 4. The van der Waals surface area contributed by atoms with Gasteiger partial charge in [-0.15, -0.1) is 0 Å². The second-order valence-electron chi connectivity index (χ2n) is 7.62. The molecule has 7 nitrogen and oxygen atoms in total. The molecule has 2 aromatic carbocycles. The van der Waals surface area contributed by atoms with Crippen LogP contribution in [0.5, 0.6) is 17.6 Å². The van der Waals surface area contributed by atoms with Crippen LogP contribution in [-0.2, 0) is 19.1 Å². The molecule has 0 saturated carbocycles. The first-order valence-electron chi connectivity index (χ1n) is 10.4. The van der Waals surface area contributed by atoms with Gasteiger partial charge in [0.15, 0.2) is 0 Å². The van der Waals surface area contributed by atoms with Gasteiger partial charge < -0.3 is 9.47 Å². The first-order chi connectivity index (χ1) is 17.1. The maximum atomic E-state index is 14.6. The van der Waals surface area contributed by atoms with Crippen molar-refractivity contribution in [2.75, 3.05) is 7.11 Å². The number of methoxy groups -OCH3 is 1. The van der Waals surface area contributed by atoms with Crippen molar-refractivity contribution in [2.24, 2.45) is 0 Å². The molecule has 0 bridgehead atoms. The number of hydrogen-bond acceptors (Lipinski definition) is 6. The van der Waals surface area contributed by atoms with Crippen molar-refractivity contribution in [1.29, 1.82) is 0 Å². The van der Waals surface area contributed by atoms with E-state index in [1.807, 2.05) is 0 Å². The Balaban J connectivity index is 1.45. The van der Waals surface area contributed by atoms with E-state index in [-0.39, 0.29) is 29.7 Å². The monoisotopic (exact) mass is 520 g/mol. The van der Waals surface area contributed by atoms with Gasteiger partial charge in [0, 0.05) is 18.0 Å². The minimum absolute atomic E-state index is 0.0114. The number of benzene rings is 2. The molecule has 4 aromatic rings. The molecular formula is C24H17ClF4N4O3. The zero-order valence-corrected chi connectivity index (χ0v) is 19.3. The van der Waals surface area contributed by atoms with Crippen molar-refractivity contribution in [2.45, 2.75) is 19.1 Å². The molecule has 0 amide bonds. The van der Waals surface area contributed by atoms with Crippen LogP contribution >= 0.6 is 11.6 Å². The topological polar surface area (TPSA) is 79.1 Å². The number of hydrogen-bond donors (Lipinski definition) is 0. The highest BCUT2D eigenvalue weighted by Gasteiger charge is 2.33. The molecule has 0 aliphatic rings. The number of aromatic nitrogens is 4. The van der Waals surface area contributed by atoms with Crippen LogP contribution < -0.4 is 15.2 Å². The van der Waals surface area contributed by atoms with Gasteiger partial charge in [-0.2, -0.15) is 22.5 Å². The molecule has 2 aromatic heterocycles. The fourth-order valence-electron chi connectivity index (χ4n) is 3.29. The molecule has 2 heterocycles. The highest BCUT2D eigenvalue weighted by atomic mass is 35.5. The normalized spacial score (nSPS) is 11.4. The molecule has 0 N–H and O–H groups in total. The van der Waals surface area contributed by atoms with Gasteiger partial charge >= 0.3 is 17.9 Å². The third-order valence-corrected chi connectivity index (χ3v) is 5.35. The summed E-state index contributed by atoms with van der Waals surface area (Å²) in [6.07, 6.45) is -0.509. The number of ether oxygens (including phenoxy) is 2. The molecule has 12 heteroatoms. The Morgan fingerprint density at radius 1 is 1.00 bits per heavy atom. The Hall–Kier alpha value is -3.99. The van der Waals surface area contributed by atoms with E-state index >= 15 is 0 Å². The lowest BCUT2D eigenvalue weighted by Crippen LogP contribution is -2.24. The van der Waals surface area contributed by atoms with Crippen molar-refractivity contribution in [3.63, 3.8) is 0 Å². The molecule has 0 aliphatic carbocycles. The molecule has 0 saturated heterocycles. The van der Waals surface area contributed by atoms with Crippen LogP contribution in [-0.4, -0.2) is 26.6 Å². The zero-order valence-electron chi connectivity index (χ0n) is 18.6. The molecule has 0 fully saturated rings.